The number of anilines is 1. The molecule has 0 radical (unpaired) electrons. The first kappa shape index (κ1) is 27.0. The van der Waals surface area contributed by atoms with Crippen LogP contribution in [-0.2, 0) is 27.8 Å². The Bertz CT molecular complexity index is 1800. The van der Waals surface area contributed by atoms with Gasteiger partial charge in [0.15, 0.2) is 4.96 Å². The van der Waals surface area contributed by atoms with Crippen LogP contribution >= 0.6 is 11.3 Å². The van der Waals surface area contributed by atoms with E-state index in [0.717, 1.165) is 75.9 Å². The van der Waals surface area contributed by atoms with E-state index in [4.69, 9.17) is 14.5 Å². The number of thiazole rings is 1. The molecule has 0 spiro atoms. The highest BCUT2D eigenvalue weighted by molar-refractivity contribution is 7.23. The van der Waals surface area contributed by atoms with E-state index < -0.39 is 0 Å². The molecule has 9 heteroatoms. The standard InChI is InChI=1S/C33H35N5O3S/c1-32(2,3)28-16-23(37-41-28)15-24(39)14-20-4-6-21(7-5-20)25-18-38-26-10-11-29(36-30(26)42-31(38)35-25)34-19-33(12-13-33)17-27(40)22-8-9-22/h4-7,10-11,16,18,22H,8-9,12-15,17,19H2,1-3H3,(H,34,36). The highest BCUT2D eigenvalue weighted by atomic mass is 32.1. The lowest BCUT2D eigenvalue weighted by Gasteiger charge is -2.15. The van der Waals surface area contributed by atoms with Gasteiger partial charge in [-0.15, -0.1) is 0 Å². The third kappa shape index (κ3) is 5.62. The maximum Gasteiger partial charge on any atom is 0.196 e. The quantitative estimate of drug-likeness (QED) is 0.183. The predicted octanol–water partition coefficient (Wildman–Crippen LogP) is 6.81. The first-order chi connectivity index (χ1) is 20.1. The molecule has 2 aliphatic carbocycles. The number of imidazole rings is 1. The van der Waals surface area contributed by atoms with Gasteiger partial charge in [-0.2, -0.15) is 0 Å². The SMILES string of the molecule is CC(C)(C)c1cc(CC(=O)Cc2ccc(-c3cn4c(n3)sc3nc(NCC5(CC(=O)C6CC6)CC5)ccc34)cc2)no1. The number of carbonyl (C=O) groups is 2. The molecule has 0 bridgehead atoms. The van der Waals surface area contributed by atoms with Crippen molar-refractivity contribution in [3.63, 3.8) is 0 Å². The van der Waals surface area contributed by atoms with Crippen molar-refractivity contribution in [1.29, 1.82) is 0 Å². The number of ketones is 2. The van der Waals surface area contributed by atoms with Crippen LogP contribution in [-0.4, -0.2) is 37.6 Å². The monoisotopic (exact) mass is 581 g/mol. The maximum atomic E-state index is 12.7. The fourth-order valence-corrected chi connectivity index (χ4v) is 6.43. The van der Waals surface area contributed by atoms with E-state index in [-0.39, 0.29) is 23.0 Å². The summed E-state index contributed by atoms with van der Waals surface area (Å²) in [6, 6.07) is 14.0. The van der Waals surface area contributed by atoms with Crippen molar-refractivity contribution >= 4 is 44.0 Å². The minimum absolute atomic E-state index is 0.103. The lowest BCUT2D eigenvalue weighted by atomic mass is 9.93. The van der Waals surface area contributed by atoms with Gasteiger partial charge in [0.2, 0.25) is 0 Å². The smallest absolute Gasteiger partial charge is 0.196 e. The molecule has 1 N–H and O–H groups in total. The van der Waals surface area contributed by atoms with Gasteiger partial charge in [0.25, 0.3) is 0 Å². The highest BCUT2D eigenvalue weighted by Gasteiger charge is 2.46. The molecule has 0 amide bonds. The second-order valence-corrected chi connectivity index (χ2v) is 14.2. The molecule has 0 aliphatic heterocycles. The fraction of sp³-hybridized carbons (Fsp3) is 0.424. The van der Waals surface area contributed by atoms with E-state index in [2.05, 4.69) is 41.7 Å². The van der Waals surface area contributed by atoms with Crippen molar-refractivity contribution < 1.29 is 14.1 Å². The summed E-state index contributed by atoms with van der Waals surface area (Å²) in [5.74, 6) is 2.53. The third-order valence-corrected chi connectivity index (χ3v) is 9.44. The molecule has 42 heavy (non-hydrogen) atoms. The first-order valence-corrected chi connectivity index (χ1v) is 15.6. The number of carbonyl (C=O) groups excluding carboxylic acids is 2. The van der Waals surface area contributed by atoms with Crippen LogP contribution in [0.2, 0.25) is 0 Å². The van der Waals surface area contributed by atoms with Crippen LogP contribution in [0.3, 0.4) is 0 Å². The zero-order chi connectivity index (χ0) is 29.1. The molecule has 8 nitrogen and oxygen atoms in total. The number of aromatic nitrogens is 4. The number of Topliss-reactive ketones (excluding diaryl/α,β-unsaturated/α-hetero) is 2. The topological polar surface area (TPSA) is 102 Å². The molecular weight excluding hydrogens is 546 g/mol. The van der Waals surface area contributed by atoms with E-state index in [1.807, 2.05) is 42.6 Å². The minimum atomic E-state index is -0.133. The van der Waals surface area contributed by atoms with Gasteiger partial charge < -0.3 is 9.84 Å². The van der Waals surface area contributed by atoms with Crippen molar-refractivity contribution in [3.8, 4) is 11.3 Å². The Hall–Kier alpha value is -3.85. The van der Waals surface area contributed by atoms with Crippen LogP contribution in [0.5, 0.6) is 0 Å². The zero-order valence-electron chi connectivity index (χ0n) is 24.3. The normalized spacial score (nSPS) is 16.3. The second-order valence-electron chi connectivity index (χ2n) is 13.2. The summed E-state index contributed by atoms with van der Waals surface area (Å²) in [7, 11) is 0. The number of benzene rings is 1. The molecule has 2 aliphatic rings. The summed E-state index contributed by atoms with van der Waals surface area (Å²) in [4.78, 5) is 36.5. The van der Waals surface area contributed by atoms with E-state index in [1.165, 1.54) is 0 Å². The van der Waals surface area contributed by atoms with Crippen molar-refractivity contribution in [1.82, 2.24) is 19.5 Å². The van der Waals surface area contributed by atoms with Crippen molar-refractivity contribution in [2.45, 2.75) is 71.1 Å². The van der Waals surface area contributed by atoms with E-state index in [1.54, 1.807) is 11.3 Å². The number of nitrogens with one attached hydrogen (secondary N) is 1. The van der Waals surface area contributed by atoms with Gasteiger partial charge in [0.05, 0.1) is 23.3 Å². The summed E-state index contributed by atoms with van der Waals surface area (Å²) in [5.41, 5.74) is 4.55. The summed E-state index contributed by atoms with van der Waals surface area (Å²) in [6.07, 6.45) is 7.77. The van der Waals surface area contributed by atoms with Crippen molar-refractivity contribution in [2.24, 2.45) is 11.3 Å². The average Bonchev–Trinajstić information content (AvgIpc) is 3.81. The van der Waals surface area contributed by atoms with Crippen molar-refractivity contribution in [3.05, 3.63) is 65.7 Å². The van der Waals surface area contributed by atoms with Crippen LogP contribution in [0.1, 0.15) is 69.9 Å². The van der Waals surface area contributed by atoms with E-state index >= 15 is 0 Å². The van der Waals surface area contributed by atoms with Crippen LogP contribution in [0.25, 0.3) is 26.6 Å². The van der Waals surface area contributed by atoms with E-state index in [0.29, 0.717) is 30.2 Å². The summed E-state index contributed by atoms with van der Waals surface area (Å²) < 4.78 is 7.50. The number of rotatable bonds is 11. The Morgan fingerprint density at radius 1 is 1.07 bits per heavy atom. The summed E-state index contributed by atoms with van der Waals surface area (Å²) >= 11 is 1.57. The molecule has 4 aromatic heterocycles. The number of nitrogens with zero attached hydrogens (tertiary/aromatic N) is 4. The lowest BCUT2D eigenvalue weighted by molar-refractivity contribution is -0.121. The van der Waals surface area contributed by atoms with Gasteiger partial charge in [-0.05, 0) is 48.8 Å². The Labute approximate surface area is 248 Å². The predicted molar refractivity (Wildman–Crippen MR) is 164 cm³/mol. The van der Waals surface area contributed by atoms with Crippen molar-refractivity contribution in [2.75, 3.05) is 11.9 Å². The molecule has 2 fully saturated rings. The molecule has 216 valence electrons. The minimum Gasteiger partial charge on any atom is -0.369 e. The highest BCUT2D eigenvalue weighted by Crippen LogP contribution is 2.50. The molecule has 7 rings (SSSR count). The van der Waals surface area contributed by atoms with E-state index in [9.17, 15) is 9.59 Å². The molecule has 1 aromatic carbocycles. The molecule has 5 aromatic rings. The molecule has 0 atom stereocenters. The second kappa shape index (κ2) is 10.2. The Kier molecular flexibility index (Phi) is 6.53. The fourth-order valence-electron chi connectivity index (χ4n) is 5.45. The van der Waals surface area contributed by atoms with Gasteiger partial charge in [-0.1, -0.05) is 61.5 Å². The molecule has 0 saturated heterocycles. The molecule has 2 saturated carbocycles. The lowest BCUT2D eigenvalue weighted by Crippen LogP contribution is -2.20. The zero-order valence-corrected chi connectivity index (χ0v) is 25.1. The van der Waals surface area contributed by atoms with Gasteiger partial charge >= 0.3 is 0 Å². The molecule has 0 unspecified atom stereocenters. The van der Waals surface area contributed by atoms with Gasteiger partial charge in [0.1, 0.15) is 28.0 Å². The van der Waals surface area contributed by atoms with Crippen LogP contribution < -0.4 is 5.32 Å². The average molecular weight is 582 g/mol. The van der Waals surface area contributed by atoms with Gasteiger partial charge in [0, 0.05) is 48.5 Å². The molecule has 4 heterocycles. The van der Waals surface area contributed by atoms with Crippen LogP contribution in [0.15, 0.2) is 53.2 Å². The van der Waals surface area contributed by atoms with Gasteiger partial charge in [-0.3, -0.25) is 14.0 Å². The number of hydrogen-bond donors (Lipinski definition) is 1. The number of pyridine rings is 1. The number of hydrogen-bond acceptors (Lipinski definition) is 8. The van der Waals surface area contributed by atoms with Gasteiger partial charge in [-0.25, -0.2) is 9.97 Å². The van der Waals surface area contributed by atoms with Crippen LogP contribution in [0, 0.1) is 11.3 Å². The third-order valence-electron chi connectivity index (χ3n) is 8.47. The summed E-state index contributed by atoms with van der Waals surface area (Å²) in [6.45, 7) is 6.98. The molecular formula is C33H35N5O3S. The number of fused-ring (bicyclic) bond motifs is 3. The summed E-state index contributed by atoms with van der Waals surface area (Å²) in [5, 5.41) is 7.57. The van der Waals surface area contributed by atoms with Crippen LogP contribution in [0.4, 0.5) is 5.82 Å². The maximum absolute atomic E-state index is 12.7. The first-order valence-electron chi connectivity index (χ1n) is 14.8. The Morgan fingerprint density at radius 2 is 1.86 bits per heavy atom. The Balaban J connectivity index is 0.990. The largest absolute Gasteiger partial charge is 0.369 e. The Morgan fingerprint density at radius 3 is 2.55 bits per heavy atom.